The number of nitrogens with one attached hydrogen (secondary N) is 1. The van der Waals surface area contributed by atoms with E-state index in [4.69, 9.17) is 23.2 Å². The number of carbonyl (C=O) groups excluding carboxylic acids is 1. The van der Waals surface area contributed by atoms with Crippen LogP contribution in [0.25, 0.3) is 0 Å². The summed E-state index contributed by atoms with van der Waals surface area (Å²) in [5, 5.41) is 6.16. The molecule has 3 nitrogen and oxygen atoms in total. The van der Waals surface area contributed by atoms with Crippen LogP contribution in [0.5, 0.6) is 0 Å². The lowest BCUT2D eigenvalue weighted by molar-refractivity contribution is -0.116. The number of amides is 1. The number of rotatable bonds is 4. The Labute approximate surface area is 119 Å². The summed E-state index contributed by atoms with van der Waals surface area (Å²) in [4.78, 5) is 15.6. The number of thiazole rings is 1. The minimum absolute atomic E-state index is 0.0824. The lowest BCUT2D eigenvalue weighted by Crippen LogP contribution is -2.12. The van der Waals surface area contributed by atoms with Gasteiger partial charge in [-0.25, -0.2) is 4.98 Å². The van der Waals surface area contributed by atoms with Gasteiger partial charge in [-0.1, -0.05) is 35.3 Å². The number of aryl methyl sites for hydroxylation is 1. The van der Waals surface area contributed by atoms with Crippen LogP contribution in [0.3, 0.4) is 0 Å². The van der Waals surface area contributed by atoms with Crippen molar-refractivity contribution in [2.45, 2.75) is 12.8 Å². The van der Waals surface area contributed by atoms with Crippen molar-refractivity contribution in [3.05, 3.63) is 45.4 Å². The van der Waals surface area contributed by atoms with Gasteiger partial charge in [-0.15, -0.1) is 11.3 Å². The van der Waals surface area contributed by atoms with Gasteiger partial charge in [0.15, 0.2) is 5.13 Å². The zero-order valence-corrected chi connectivity index (χ0v) is 11.6. The highest BCUT2D eigenvalue weighted by molar-refractivity contribution is 7.13. The molecule has 0 radical (unpaired) electrons. The molecule has 2 rings (SSSR count). The molecule has 0 atom stereocenters. The quantitative estimate of drug-likeness (QED) is 0.926. The molecule has 0 aliphatic heterocycles. The van der Waals surface area contributed by atoms with Gasteiger partial charge in [-0.3, -0.25) is 4.79 Å². The second-order valence-corrected chi connectivity index (χ2v) is 5.28. The average molecular weight is 301 g/mol. The fourth-order valence-corrected chi connectivity index (χ4v) is 2.42. The van der Waals surface area contributed by atoms with E-state index in [1.165, 1.54) is 11.3 Å². The van der Waals surface area contributed by atoms with Gasteiger partial charge in [0.05, 0.1) is 10.0 Å². The highest BCUT2D eigenvalue weighted by atomic mass is 35.5. The average Bonchev–Trinajstić information content (AvgIpc) is 2.84. The Morgan fingerprint density at radius 3 is 2.94 bits per heavy atom. The molecule has 0 spiro atoms. The molecule has 0 fully saturated rings. The normalized spacial score (nSPS) is 10.3. The van der Waals surface area contributed by atoms with E-state index in [0.29, 0.717) is 28.0 Å². The Morgan fingerprint density at radius 2 is 2.22 bits per heavy atom. The Hall–Kier alpha value is -1.10. The molecule has 1 N–H and O–H groups in total. The van der Waals surface area contributed by atoms with Gasteiger partial charge in [0.1, 0.15) is 0 Å². The van der Waals surface area contributed by atoms with Crippen LogP contribution in [0.4, 0.5) is 5.13 Å². The lowest BCUT2D eigenvalue weighted by atomic mass is 10.1. The predicted molar refractivity (Wildman–Crippen MR) is 75.5 cm³/mol. The molecule has 1 heterocycles. The Bertz CT molecular complexity index is 543. The topological polar surface area (TPSA) is 42.0 Å². The van der Waals surface area contributed by atoms with E-state index in [9.17, 15) is 4.79 Å². The summed E-state index contributed by atoms with van der Waals surface area (Å²) in [5.74, 6) is -0.0824. The van der Waals surface area contributed by atoms with Crippen LogP contribution in [-0.2, 0) is 11.2 Å². The minimum Gasteiger partial charge on any atom is -0.302 e. The van der Waals surface area contributed by atoms with Crippen molar-refractivity contribution in [3.63, 3.8) is 0 Å². The molecule has 1 amide bonds. The van der Waals surface area contributed by atoms with Gasteiger partial charge in [0.2, 0.25) is 5.91 Å². The molecule has 1 aromatic heterocycles. The monoisotopic (exact) mass is 300 g/mol. The second-order valence-electron chi connectivity index (χ2n) is 3.60. The first-order chi connectivity index (χ1) is 8.66. The SMILES string of the molecule is O=C(CCc1cccc(Cl)c1Cl)Nc1nccs1. The van der Waals surface area contributed by atoms with E-state index >= 15 is 0 Å². The molecular formula is C12H10Cl2N2OS. The van der Waals surface area contributed by atoms with E-state index in [-0.39, 0.29) is 5.91 Å². The van der Waals surface area contributed by atoms with Gasteiger partial charge < -0.3 is 5.32 Å². The summed E-state index contributed by atoms with van der Waals surface area (Å²) in [7, 11) is 0. The molecule has 0 unspecified atom stereocenters. The molecule has 94 valence electrons. The van der Waals surface area contributed by atoms with Crippen LogP contribution in [0.1, 0.15) is 12.0 Å². The van der Waals surface area contributed by atoms with Crippen LogP contribution in [0, 0.1) is 0 Å². The number of anilines is 1. The van der Waals surface area contributed by atoms with Gasteiger partial charge in [0, 0.05) is 18.0 Å². The van der Waals surface area contributed by atoms with E-state index in [2.05, 4.69) is 10.3 Å². The molecular weight excluding hydrogens is 291 g/mol. The van der Waals surface area contributed by atoms with Crippen molar-refractivity contribution < 1.29 is 4.79 Å². The molecule has 2 aromatic rings. The molecule has 0 bridgehead atoms. The molecule has 0 saturated carbocycles. The molecule has 0 aliphatic carbocycles. The molecule has 6 heteroatoms. The largest absolute Gasteiger partial charge is 0.302 e. The number of carbonyl (C=O) groups is 1. The summed E-state index contributed by atoms with van der Waals surface area (Å²) < 4.78 is 0. The van der Waals surface area contributed by atoms with Crippen LogP contribution < -0.4 is 5.32 Å². The first-order valence-electron chi connectivity index (χ1n) is 5.29. The van der Waals surface area contributed by atoms with Crippen molar-refractivity contribution in [1.29, 1.82) is 0 Å². The van der Waals surface area contributed by atoms with Crippen LogP contribution in [0.15, 0.2) is 29.8 Å². The Morgan fingerprint density at radius 1 is 1.39 bits per heavy atom. The molecule has 0 saturated heterocycles. The van der Waals surface area contributed by atoms with E-state index in [0.717, 1.165) is 5.56 Å². The van der Waals surface area contributed by atoms with E-state index in [1.807, 2.05) is 17.5 Å². The van der Waals surface area contributed by atoms with Gasteiger partial charge in [-0.05, 0) is 18.1 Å². The van der Waals surface area contributed by atoms with E-state index in [1.54, 1.807) is 12.3 Å². The van der Waals surface area contributed by atoms with Crippen molar-refractivity contribution in [1.82, 2.24) is 4.98 Å². The van der Waals surface area contributed by atoms with Crippen LogP contribution >= 0.6 is 34.5 Å². The van der Waals surface area contributed by atoms with Crippen molar-refractivity contribution >= 4 is 45.6 Å². The minimum atomic E-state index is -0.0824. The zero-order chi connectivity index (χ0) is 13.0. The fourth-order valence-electron chi connectivity index (χ4n) is 1.46. The predicted octanol–water partition coefficient (Wildman–Crippen LogP) is 4.02. The number of hydrogen-bond donors (Lipinski definition) is 1. The highest BCUT2D eigenvalue weighted by Crippen LogP contribution is 2.26. The summed E-state index contributed by atoms with van der Waals surface area (Å²) in [6.07, 6.45) is 2.55. The fraction of sp³-hybridized carbons (Fsp3) is 0.167. The Kier molecular flexibility index (Phi) is 4.58. The summed E-state index contributed by atoms with van der Waals surface area (Å²) in [6, 6.07) is 5.41. The smallest absolute Gasteiger partial charge is 0.226 e. The highest BCUT2D eigenvalue weighted by Gasteiger charge is 2.08. The van der Waals surface area contributed by atoms with Crippen molar-refractivity contribution in [2.75, 3.05) is 5.32 Å². The second kappa shape index (κ2) is 6.18. The summed E-state index contributed by atoms with van der Waals surface area (Å²) in [5.41, 5.74) is 0.874. The van der Waals surface area contributed by atoms with Crippen LogP contribution in [0.2, 0.25) is 10.0 Å². The third-order valence-corrected chi connectivity index (χ3v) is 3.88. The first kappa shape index (κ1) is 13.3. The van der Waals surface area contributed by atoms with E-state index < -0.39 is 0 Å². The maximum Gasteiger partial charge on any atom is 0.226 e. The van der Waals surface area contributed by atoms with Gasteiger partial charge in [-0.2, -0.15) is 0 Å². The van der Waals surface area contributed by atoms with Gasteiger partial charge >= 0.3 is 0 Å². The lowest BCUT2D eigenvalue weighted by Gasteiger charge is -2.05. The van der Waals surface area contributed by atoms with Gasteiger partial charge in [0.25, 0.3) is 0 Å². The maximum absolute atomic E-state index is 11.7. The molecule has 1 aromatic carbocycles. The summed E-state index contributed by atoms with van der Waals surface area (Å²) >= 11 is 13.3. The third kappa shape index (κ3) is 3.45. The zero-order valence-electron chi connectivity index (χ0n) is 9.32. The number of hydrogen-bond acceptors (Lipinski definition) is 3. The van der Waals surface area contributed by atoms with Crippen LogP contribution in [-0.4, -0.2) is 10.9 Å². The van der Waals surface area contributed by atoms with Crippen molar-refractivity contribution in [3.8, 4) is 0 Å². The maximum atomic E-state index is 11.7. The number of benzene rings is 1. The number of halogens is 2. The molecule has 0 aliphatic rings. The summed E-state index contributed by atoms with van der Waals surface area (Å²) in [6.45, 7) is 0. The van der Waals surface area contributed by atoms with Crippen molar-refractivity contribution in [2.24, 2.45) is 0 Å². The number of aromatic nitrogens is 1. The standard InChI is InChI=1S/C12H10Cl2N2OS/c13-9-3-1-2-8(11(9)14)4-5-10(17)16-12-15-6-7-18-12/h1-3,6-7H,4-5H2,(H,15,16,17). The number of nitrogens with zero attached hydrogens (tertiary/aromatic N) is 1. The molecule has 18 heavy (non-hydrogen) atoms. The third-order valence-electron chi connectivity index (χ3n) is 2.33. The Balaban J connectivity index is 1.91. The first-order valence-corrected chi connectivity index (χ1v) is 6.92.